The van der Waals surface area contributed by atoms with Crippen molar-refractivity contribution in [2.45, 2.75) is 6.54 Å². The molecule has 3 aromatic rings. The zero-order valence-corrected chi connectivity index (χ0v) is 17.2. The number of hydrogen-bond donors (Lipinski definition) is 1. The zero-order chi connectivity index (χ0) is 21.5. The normalized spacial score (nSPS) is 14.4. The lowest BCUT2D eigenvalue weighted by Crippen LogP contribution is -2.38. The van der Waals surface area contributed by atoms with Gasteiger partial charge in [0.25, 0.3) is 5.91 Å². The fourth-order valence-corrected chi connectivity index (χ4v) is 3.35. The minimum absolute atomic E-state index is 0.223. The number of halogens is 1. The molecule has 1 aliphatic rings. The first kappa shape index (κ1) is 21.0. The third-order valence-corrected chi connectivity index (χ3v) is 5.05. The summed E-state index contributed by atoms with van der Waals surface area (Å²) in [5.41, 5.74) is 1.44. The van der Waals surface area contributed by atoms with Crippen molar-refractivity contribution < 1.29 is 18.7 Å². The second kappa shape index (κ2) is 10.2. The van der Waals surface area contributed by atoms with Gasteiger partial charge in [-0.2, -0.15) is 5.10 Å². The molecule has 2 aromatic carbocycles. The average Bonchev–Trinajstić information content (AvgIpc) is 3.29. The van der Waals surface area contributed by atoms with E-state index in [9.17, 15) is 9.18 Å². The molecule has 0 radical (unpaired) electrons. The number of carbonyl (C=O) groups excluding carboxylic acids is 1. The molecule has 4 rings (SSSR count). The number of ether oxygens (including phenoxy) is 2. The van der Waals surface area contributed by atoms with Gasteiger partial charge in [0.15, 0.2) is 5.69 Å². The molecule has 0 saturated carbocycles. The Hall–Kier alpha value is -3.23. The van der Waals surface area contributed by atoms with Crippen LogP contribution in [0.1, 0.15) is 16.1 Å². The number of amides is 1. The molecule has 7 nitrogen and oxygen atoms in total. The number of aromatic nitrogens is 2. The maximum atomic E-state index is 13.9. The number of rotatable bonds is 8. The van der Waals surface area contributed by atoms with Crippen LogP contribution in [0, 0.1) is 5.82 Å². The number of nitrogens with one attached hydrogen (secondary N) is 1. The second-order valence-corrected chi connectivity index (χ2v) is 7.23. The SMILES string of the molecule is O=C(NCc1cccc(OCCN2CCOCC2)c1)c1ccn(-c2ccccc2F)n1. The van der Waals surface area contributed by atoms with Gasteiger partial charge in [0.2, 0.25) is 0 Å². The van der Waals surface area contributed by atoms with E-state index in [1.165, 1.54) is 10.7 Å². The van der Waals surface area contributed by atoms with Crippen molar-refractivity contribution in [1.82, 2.24) is 20.0 Å². The molecule has 1 fully saturated rings. The van der Waals surface area contributed by atoms with Crippen LogP contribution < -0.4 is 10.1 Å². The summed E-state index contributed by atoms with van der Waals surface area (Å²) in [5.74, 6) is 0.0422. The molecule has 0 unspecified atom stereocenters. The molecule has 0 spiro atoms. The Morgan fingerprint density at radius 1 is 1.13 bits per heavy atom. The summed E-state index contributed by atoms with van der Waals surface area (Å²) in [7, 11) is 0. The van der Waals surface area contributed by atoms with E-state index < -0.39 is 5.82 Å². The minimum atomic E-state index is -0.400. The average molecular weight is 424 g/mol. The number of hydrogen-bond acceptors (Lipinski definition) is 5. The van der Waals surface area contributed by atoms with Gasteiger partial charge in [0.05, 0.1) is 13.2 Å². The summed E-state index contributed by atoms with van der Waals surface area (Å²) < 4.78 is 26.5. The summed E-state index contributed by atoms with van der Waals surface area (Å²) in [4.78, 5) is 14.8. The van der Waals surface area contributed by atoms with Gasteiger partial charge in [-0.15, -0.1) is 0 Å². The van der Waals surface area contributed by atoms with E-state index in [0.717, 1.165) is 44.2 Å². The van der Waals surface area contributed by atoms with Gasteiger partial charge in [-0.1, -0.05) is 24.3 Å². The number of nitrogens with zero attached hydrogens (tertiary/aromatic N) is 3. The molecule has 0 atom stereocenters. The van der Waals surface area contributed by atoms with Gasteiger partial charge in [-0.25, -0.2) is 9.07 Å². The molecular formula is C23H25FN4O3. The highest BCUT2D eigenvalue weighted by molar-refractivity contribution is 5.92. The van der Waals surface area contributed by atoms with Gasteiger partial charge < -0.3 is 14.8 Å². The van der Waals surface area contributed by atoms with Crippen LogP contribution >= 0.6 is 0 Å². The first-order valence-electron chi connectivity index (χ1n) is 10.3. The van der Waals surface area contributed by atoms with Crippen molar-refractivity contribution in [2.24, 2.45) is 0 Å². The molecule has 1 N–H and O–H groups in total. The molecule has 2 heterocycles. The van der Waals surface area contributed by atoms with E-state index >= 15 is 0 Å². The van der Waals surface area contributed by atoms with Crippen molar-refractivity contribution >= 4 is 5.91 Å². The Bertz CT molecular complexity index is 1020. The van der Waals surface area contributed by atoms with E-state index in [-0.39, 0.29) is 11.6 Å². The summed E-state index contributed by atoms with van der Waals surface area (Å²) in [6.07, 6.45) is 1.57. The maximum Gasteiger partial charge on any atom is 0.272 e. The molecule has 1 saturated heterocycles. The lowest BCUT2D eigenvalue weighted by atomic mass is 10.2. The van der Waals surface area contributed by atoms with E-state index in [1.807, 2.05) is 24.3 Å². The molecule has 1 aliphatic heterocycles. The first-order chi connectivity index (χ1) is 15.2. The summed E-state index contributed by atoms with van der Waals surface area (Å²) in [6, 6.07) is 15.5. The predicted molar refractivity (Wildman–Crippen MR) is 114 cm³/mol. The van der Waals surface area contributed by atoms with Crippen molar-refractivity contribution in [1.29, 1.82) is 0 Å². The van der Waals surface area contributed by atoms with Crippen LogP contribution in [0.5, 0.6) is 5.75 Å². The van der Waals surface area contributed by atoms with Gasteiger partial charge in [-0.3, -0.25) is 9.69 Å². The summed E-state index contributed by atoms with van der Waals surface area (Å²) in [5, 5.41) is 7.03. The Morgan fingerprint density at radius 2 is 1.97 bits per heavy atom. The Kier molecular flexibility index (Phi) is 6.91. The first-order valence-corrected chi connectivity index (χ1v) is 10.3. The van der Waals surface area contributed by atoms with Crippen LogP contribution in [0.4, 0.5) is 4.39 Å². The van der Waals surface area contributed by atoms with Gasteiger partial charge >= 0.3 is 0 Å². The lowest BCUT2D eigenvalue weighted by molar-refractivity contribution is 0.0322. The number of para-hydroxylation sites is 1. The highest BCUT2D eigenvalue weighted by atomic mass is 19.1. The van der Waals surface area contributed by atoms with Crippen LogP contribution in [0.25, 0.3) is 5.69 Å². The largest absolute Gasteiger partial charge is 0.492 e. The Balaban J connectivity index is 1.28. The summed E-state index contributed by atoms with van der Waals surface area (Å²) >= 11 is 0. The van der Waals surface area contributed by atoms with Crippen molar-refractivity contribution in [3.05, 3.63) is 77.9 Å². The molecule has 0 bridgehead atoms. The molecule has 0 aliphatic carbocycles. The summed E-state index contributed by atoms with van der Waals surface area (Å²) in [6.45, 7) is 5.20. The molecule has 8 heteroatoms. The monoisotopic (exact) mass is 424 g/mol. The molecule has 1 aromatic heterocycles. The van der Waals surface area contributed by atoms with Crippen LogP contribution in [-0.4, -0.2) is 60.0 Å². The van der Waals surface area contributed by atoms with Crippen LogP contribution in [-0.2, 0) is 11.3 Å². The zero-order valence-electron chi connectivity index (χ0n) is 17.2. The predicted octanol–water partition coefficient (Wildman–Crippen LogP) is 2.65. The third-order valence-electron chi connectivity index (χ3n) is 5.05. The third kappa shape index (κ3) is 5.68. The van der Waals surface area contributed by atoms with Gasteiger partial charge in [0, 0.05) is 32.4 Å². The van der Waals surface area contributed by atoms with Crippen LogP contribution in [0.15, 0.2) is 60.8 Å². The van der Waals surface area contributed by atoms with Crippen molar-refractivity contribution in [3.8, 4) is 11.4 Å². The second-order valence-electron chi connectivity index (χ2n) is 7.23. The maximum absolute atomic E-state index is 13.9. The topological polar surface area (TPSA) is 68.6 Å². The number of morpholine rings is 1. The van der Waals surface area contributed by atoms with Gasteiger partial charge in [-0.05, 0) is 35.9 Å². The van der Waals surface area contributed by atoms with E-state index in [2.05, 4.69) is 15.3 Å². The molecular weight excluding hydrogens is 399 g/mol. The van der Waals surface area contributed by atoms with E-state index in [4.69, 9.17) is 9.47 Å². The van der Waals surface area contributed by atoms with E-state index in [1.54, 1.807) is 30.5 Å². The lowest BCUT2D eigenvalue weighted by Gasteiger charge is -2.26. The fourth-order valence-electron chi connectivity index (χ4n) is 3.35. The van der Waals surface area contributed by atoms with Gasteiger partial charge in [0.1, 0.15) is 23.9 Å². The van der Waals surface area contributed by atoms with Crippen LogP contribution in [0.3, 0.4) is 0 Å². The Morgan fingerprint density at radius 3 is 2.81 bits per heavy atom. The van der Waals surface area contributed by atoms with Crippen LogP contribution in [0.2, 0.25) is 0 Å². The number of benzene rings is 2. The standard InChI is InChI=1S/C23H25FN4O3/c24-20-6-1-2-7-22(20)28-9-8-21(26-28)23(29)25-17-18-4-3-5-19(16-18)31-15-12-27-10-13-30-14-11-27/h1-9,16H,10-15,17H2,(H,25,29). The fraction of sp³-hybridized carbons (Fsp3) is 0.304. The van der Waals surface area contributed by atoms with E-state index in [0.29, 0.717) is 18.8 Å². The molecule has 31 heavy (non-hydrogen) atoms. The Labute approximate surface area is 180 Å². The highest BCUT2D eigenvalue weighted by Crippen LogP contribution is 2.14. The highest BCUT2D eigenvalue weighted by Gasteiger charge is 2.12. The number of carbonyl (C=O) groups is 1. The van der Waals surface area contributed by atoms with Crippen molar-refractivity contribution in [3.63, 3.8) is 0 Å². The smallest absolute Gasteiger partial charge is 0.272 e. The molecule has 1 amide bonds. The molecule has 162 valence electrons. The van der Waals surface area contributed by atoms with Crippen molar-refractivity contribution in [2.75, 3.05) is 39.5 Å². The minimum Gasteiger partial charge on any atom is -0.492 e. The quantitative estimate of drug-likeness (QED) is 0.602.